The Labute approximate surface area is 91.8 Å². The second-order valence-corrected chi connectivity index (χ2v) is 3.65. The zero-order chi connectivity index (χ0) is 11.7. The molecule has 0 aliphatic rings. The molecule has 0 spiro atoms. The number of rotatable bonds is 7. The van der Waals surface area contributed by atoms with Crippen molar-refractivity contribution in [2.24, 2.45) is 5.92 Å². The van der Waals surface area contributed by atoms with Gasteiger partial charge >= 0.3 is 0 Å². The number of ether oxygens (including phenoxy) is 1. The molecule has 0 bridgehead atoms. The maximum absolute atomic E-state index is 11.7. The van der Waals surface area contributed by atoms with Crippen LogP contribution in [-0.2, 0) is 9.53 Å². The van der Waals surface area contributed by atoms with Gasteiger partial charge in [0.2, 0.25) is 5.91 Å². The summed E-state index contributed by atoms with van der Waals surface area (Å²) in [4.78, 5) is 13.4. The molecule has 0 heterocycles. The summed E-state index contributed by atoms with van der Waals surface area (Å²) < 4.78 is 4.98. The molecule has 0 aromatic heterocycles. The van der Waals surface area contributed by atoms with Gasteiger partial charge in [-0.25, -0.2) is 0 Å². The van der Waals surface area contributed by atoms with E-state index in [2.05, 4.69) is 0 Å². The van der Waals surface area contributed by atoms with Crippen molar-refractivity contribution < 1.29 is 9.53 Å². The van der Waals surface area contributed by atoms with Crippen LogP contribution in [0.25, 0.3) is 0 Å². The van der Waals surface area contributed by atoms with Crippen LogP contribution in [0, 0.1) is 17.2 Å². The largest absolute Gasteiger partial charge is 0.384 e. The molecule has 0 fully saturated rings. The van der Waals surface area contributed by atoms with E-state index in [-0.39, 0.29) is 11.8 Å². The molecule has 4 nitrogen and oxygen atoms in total. The lowest BCUT2D eigenvalue weighted by atomic mass is 10.1. The van der Waals surface area contributed by atoms with Gasteiger partial charge in [0, 0.05) is 33.2 Å². The van der Waals surface area contributed by atoms with Crippen LogP contribution in [0.3, 0.4) is 0 Å². The Kier molecular flexibility index (Phi) is 7.65. The smallest absolute Gasteiger partial charge is 0.222 e. The van der Waals surface area contributed by atoms with Crippen LogP contribution in [0.15, 0.2) is 0 Å². The van der Waals surface area contributed by atoms with Crippen LogP contribution in [-0.4, -0.2) is 37.6 Å². The van der Waals surface area contributed by atoms with Crippen LogP contribution >= 0.6 is 0 Å². The fourth-order valence-corrected chi connectivity index (χ4v) is 1.41. The molecule has 0 aromatic rings. The van der Waals surface area contributed by atoms with E-state index in [0.29, 0.717) is 32.5 Å². The molecule has 0 aliphatic carbocycles. The first-order valence-electron chi connectivity index (χ1n) is 5.29. The van der Waals surface area contributed by atoms with Crippen LogP contribution in [0.1, 0.15) is 26.7 Å². The van der Waals surface area contributed by atoms with Crippen LogP contribution in [0.2, 0.25) is 0 Å². The van der Waals surface area contributed by atoms with Crippen molar-refractivity contribution in [2.75, 3.05) is 26.8 Å². The summed E-state index contributed by atoms with van der Waals surface area (Å²) in [5.74, 6) is 0.343. The maximum atomic E-state index is 11.7. The highest BCUT2D eigenvalue weighted by atomic mass is 16.5. The van der Waals surface area contributed by atoms with Crippen LogP contribution < -0.4 is 0 Å². The Balaban J connectivity index is 3.98. The molecule has 0 rings (SSSR count). The number of amides is 1. The van der Waals surface area contributed by atoms with Gasteiger partial charge in [0.1, 0.15) is 0 Å². The quantitative estimate of drug-likeness (QED) is 0.641. The number of carbonyl (C=O) groups is 1. The summed E-state index contributed by atoms with van der Waals surface area (Å²) in [5, 5.41) is 8.45. The Morgan fingerprint density at radius 1 is 1.60 bits per heavy atom. The summed E-state index contributed by atoms with van der Waals surface area (Å²) in [7, 11) is 1.63. The van der Waals surface area contributed by atoms with E-state index >= 15 is 0 Å². The highest BCUT2D eigenvalue weighted by molar-refractivity contribution is 5.76. The van der Waals surface area contributed by atoms with Gasteiger partial charge < -0.3 is 9.64 Å². The molecule has 1 unspecified atom stereocenters. The third kappa shape index (κ3) is 6.08. The third-order valence-corrected chi connectivity index (χ3v) is 2.20. The molecule has 0 aromatic carbocycles. The Bertz CT molecular complexity index is 223. The zero-order valence-electron chi connectivity index (χ0n) is 9.82. The van der Waals surface area contributed by atoms with Gasteiger partial charge in [-0.15, -0.1) is 0 Å². The summed E-state index contributed by atoms with van der Waals surface area (Å²) in [6.45, 7) is 5.71. The predicted octanol–water partition coefficient (Wildman–Crippen LogP) is 1.42. The lowest BCUT2D eigenvalue weighted by Gasteiger charge is -2.21. The van der Waals surface area contributed by atoms with Crippen molar-refractivity contribution in [1.29, 1.82) is 5.26 Å². The van der Waals surface area contributed by atoms with E-state index in [1.54, 1.807) is 12.0 Å². The minimum Gasteiger partial charge on any atom is -0.384 e. The van der Waals surface area contributed by atoms with Gasteiger partial charge in [0.25, 0.3) is 0 Å². The molecule has 0 N–H and O–H groups in total. The second kappa shape index (κ2) is 8.25. The third-order valence-electron chi connectivity index (χ3n) is 2.20. The summed E-state index contributed by atoms with van der Waals surface area (Å²) >= 11 is 0. The Morgan fingerprint density at radius 2 is 2.27 bits per heavy atom. The summed E-state index contributed by atoms with van der Waals surface area (Å²) in [6.07, 6.45) is 0.894. The van der Waals surface area contributed by atoms with E-state index in [1.165, 1.54) is 0 Å². The van der Waals surface area contributed by atoms with Gasteiger partial charge in [0.05, 0.1) is 12.5 Å². The van der Waals surface area contributed by atoms with Crippen molar-refractivity contribution in [3.63, 3.8) is 0 Å². The lowest BCUT2D eigenvalue weighted by Crippen LogP contribution is -2.33. The number of nitrogens with zero attached hydrogens (tertiary/aromatic N) is 2. The number of hydrogen-bond donors (Lipinski definition) is 0. The fourth-order valence-electron chi connectivity index (χ4n) is 1.41. The van der Waals surface area contributed by atoms with Gasteiger partial charge in [-0.2, -0.15) is 5.26 Å². The van der Waals surface area contributed by atoms with E-state index < -0.39 is 0 Å². The average molecular weight is 212 g/mol. The summed E-state index contributed by atoms with van der Waals surface area (Å²) in [5.41, 5.74) is 0. The highest BCUT2D eigenvalue weighted by Gasteiger charge is 2.14. The Hall–Kier alpha value is -1.08. The SMILES string of the molecule is CCN(CCC#N)C(=O)CC(C)COC. The molecule has 15 heavy (non-hydrogen) atoms. The van der Waals surface area contributed by atoms with Gasteiger partial charge in [-0.3, -0.25) is 4.79 Å². The van der Waals surface area contributed by atoms with Gasteiger partial charge in [-0.1, -0.05) is 6.92 Å². The van der Waals surface area contributed by atoms with Gasteiger partial charge in [-0.05, 0) is 12.8 Å². The molecule has 86 valence electrons. The second-order valence-electron chi connectivity index (χ2n) is 3.65. The number of carbonyl (C=O) groups excluding carboxylic acids is 1. The zero-order valence-corrected chi connectivity index (χ0v) is 9.82. The minimum absolute atomic E-state index is 0.109. The first-order chi connectivity index (χ1) is 7.15. The molecular weight excluding hydrogens is 192 g/mol. The number of hydrogen-bond acceptors (Lipinski definition) is 3. The number of methoxy groups -OCH3 is 1. The average Bonchev–Trinajstić information content (AvgIpc) is 2.19. The normalized spacial score (nSPS) is 11.9. The molecule has 0 aliphatic heterocycles. The Morgan fingerprint density at radius 3 is 2.73 bits per heavy atom. The van der Waals surface area contributed by atoms with Crippen LogP contribution in [0.4, 0.5) is 0 Å². The van der Waals surface area contributed by atoms with Crippen LogP contribution in [0.5, 0.6) is 0 Å². The van der Waals surface area contributed by atoms with Crippen molar-refractivity contribution in [2.45, 2.75) is 26.7 Å². The lowest BCUT2D eigenvalue weighted by molar-refractivity contribution is -0.132. The molecule has 0 radical (unpaired) electrons. The molecule has 0 saturated carbocycles. The minimum atomic E-state index is 0.109. The van der Waals surface area contributed by atoms with Crippen molar-refractivity contribution in [3.8, 4) is 6.07 Å². The van der Waals surface area contributed by atoms with Crippen molar-refractivity contribution in [3.05, 3.63) is 0 Å². The van der Waals surface area contributed by atoms with Crippen molar-refractivity contribution in [1.82, 2.24) is 4.90 Å². The monoisotopic (exact) mass is 212 g/mol. The highest BCUT2D eigenvalue weighted by Crippen LogP contribution is 2.06. The first-order valence-corrected chi connectivity index (χ1v) is 5.29. The first kappa shape index (κ1) is 13.9. The molecule has 4 heteroatoms. The standard InChI is InChI=1S/C11H20N2O2/c1-4-13(7-5-6-12)11(14)8-10(2)9-15-3/h10H,4-5,7-9H2,1-3H3. The topological polar surface area (TPSA) is 53.3 Å². The predicted molar refractivity (Wildman–Crippen MR) is 58.1 cm³/mol. The molecule has 1 atom stereocenters. The molecular formula is C11H20N2O2. The van der Waals surface area contributed by atoms with E-state index in [0.717, 1.165) is 0 Å². The molecule has 1 amide bonds. The maximum Gasteiger partial charge on any atom is 0.222 e. The molecule has 0 saturated heterocycles. The van der Waals surface area contributed by atoms with E-state index in [9.17, 15) is 4.79 Å². The fraction of sp³-hybridized carbons (Fsp3) is 0.818. The summed E-state index contributed by atoms with van der Waals surface area (Å²) in [6, 6.07) is 2.05. The van der Waals surface area contributed by atoms with E-state index in [1.807, 2.05) is 19.9 Å². The van der Waals surface area contributed by atoms with Crippen molar-refractivity contribution >= 4 is 5.91 Å². The number of nitriles is 1. The van der Waals surface area contributed by atoms with E-state index in [4.69, 9.17) is 10.00 Å². The van der Waals surface area contributed by atoms with Gasteiger partial charge in [0.15, 0.2) is 0 Å².